The topological polar surface area (TPSA) is 59.9 Å². The highest BCUT2D eigenvalue weighted by Gasteiger charge is 2.28. The van der Waals surface area contributed by atoms with Crippen LogP contribution < -0.4 is 0 Å². The van der Waals surface area contributed by atoms with Crippen LogP contribution in [0.2, 0.25) is 0 Å². The van der Waals surface area contributed by atoms with Crippen LogP contribution in [0.5, 0.6) is 0 Å². The number of nitrogens with zero attached hydrogens (tertiary/aromatic N) is 4. The van der Waals surface area contributed by atoms with Crippen molar-refractivity contribution in [3.05, 3.63) is 16.1 Å². The fraction of sp³-hybridized carbons (Fsp3) is 0.750. The summed E-state index contributed by atoms with van der Waals surface area (Å²) < 4.78 is 0. The zero-order chi connectivity index (χ0) is 16.2. The van der Waals surface area contributed by atoms with Gasteiger partial charge >= 0.3 is 0 Å². The Morgan fingerprint density at radius 3 is 2.87 bits per heavy atom. The van der Waals surface area contributed by atoms with Crippen molar-refractivity contribution in [2.24, 2.45) is 0 Å². The smallest absolute Gasteiger partial charge is 0.265 e. The number of thiazole rings is 1. The molecule has 7 heteroatoms. The average Bonchev–Trinajstić information content (AvgIpc) is 3.21. The van der Waals surface area contributed by atoms with E-state index in [9.17, 15) is 9.90 Å². The van der Waals surface area contributed by atoms with E-state index in [1.165, 1.54) is 24.2 Å². The van der Waals surface area contributed by atoms with Gasteiger partial charge in [-0.1, -0.05) is 0 Å². The van der Waals surface area contributed by atoms with Crippen molar-refractivity contribution in [3.8, 4) is 0 Å². The second-order valence-corrected chi connectivity index (χ2v) is 7.61. The van der Waals surface area contributed by atoms with Crippen molar-refractivity contribution < 1.29 is 9.90 Å². The number of likely N-dealkylation sites (N-methyl/N-ethyl adjacent to an activating group) is 1. The molecule has 0 aromatic carbocycles. The summed E-state index contributed by atoms with van der Waals surface area (Å²) in [4.78, 5) is 24.4. The predicted molar refractivity (Wildman–Crippen MR) is 90.6 cm³/mol. The van der Waals surface area contributed by atoms with E-state index in [1.54, 1.807) is 6.20 Å². The Morgan fingerprint density at radius 1 is 1.35 bits per heavy atom. The minimum absolute atomic E-state index is 0.0891. The molecule has 1 N–H and O–H groups in total. The third-order valence-corrected chi connectivity index (χ3v) is 5.82. The Morgan fingerprint density at radius 2 is 2.13 bits per heavy atom. The maximum absolute atomic E-state index is 12.7. The van der Waals surface area contributed by atoms with Crippen LogP contribution in [0.1, 0.15) is 33.9 Å². The van der Waals surface area contributed by atoms with Gasteiger partial charge in [-0.2, -0.15) is 0 Å². The maximum Gasteiger partial charge on any atom is 0.265 e. The molecule has 0 radical (unpaired) electrons. The van der Waals surface area contributed by atoms with Crippen LogP contribution in [0.15, 0.2) is 6.20 Å². The molecule has 3 rings (SSSR count). The van der Waals surface area contributed by atoms with E-state index >= 15 is 0 Å². The van der Waals surface area contributed by atoms with E-state index in [-0.39, 0.29) is 18.6 Å². The Kier molecular flexibility index (Phi) is 5.63. The van der Waals surface area contributed by atoms with Gasteiger partial charge in [0, 0.05) is 32.3 Å². The summed E-state index contributed by atoms with van der Waals surface area (Å²) in [5.41, 5.74) is 0. The molecule has 2 aliphatic rings. The molecule has 6 nitrogen and oxygen atoms in total. The third kappa shape index (κ3) is 4.09. The summed E-state index contributed by atoms with van der Waals surface area (Å²) in [6, 6.07) is 0.245. The first-order chi connectivity index (χ1) is 11.2. The third-order valence-electron chi connectivity index (χ3n) is 4.85. The molecule has 1 atom stereocenters. The van der Waals surface area contributed by atoms with Crippen molar-refractivity contribution in [1.29, 1.82) is 0 Å². The lowest BCUT2D eigenvalue weighted by Crippen LogP contribution is -2.53. The number of amides is 1. The summed E-state index contributed by atoms with van der Waals surface area (Å²) in [5, 5.41) is 10.2. The summed E-state index contributed by atoms with van der Waals surface area (Å²) in [6.07, 6.45) is 4.98. The molecule has 2 aliphatic heterocycles. The molecular weight excluding hydrogens is 312 g/mol. The largest absolute Gasteiger partial charge is 0.396 e. The normalized spacial score (nSPS) is 23.6. The number of hydrogen-bond donors (Lipinski definition) is 1. The minimum atomic E-state index is 0.0891. The average molecular weight is 338 g/mol. The molecule has 1 unspecified atom stereocenters. The predicted octanol–water partition coefficient (Wildman–Crippen LogP) is 0.877. The summed E-state index contributed by atoms with van der Waals surface area (Å²) in [6.45, 7) is 5.61. The first kappa shape index (κ1) is 16.8. The van der Waals surface area contributed by atoms with Crippen molar-refractivity contribution in [2.75, 3.05) is 46.4 Å². The van der Waals surface area contributed by atoms with Crippen LogP contribution in [0, 0.1) is 0 Å². The molecule has 0 saturated carbocycles. The Labute approximate surface area is 141 Å². The summed E-state index contributed by atoms with van der Waals surface area (Å²) in [5.74, 6) is 0.0891. The van der Waals surface area contributed by atoms with Crippen LogP contribution in [0.4, 0.5) is 0 Å². The maximum atomic E-state index is 12.7. The van der Waals surface area contributed by atoms with Gasteiger partial charge < -0.3 is 10.0 Å². The molecule has 23 heavy (non-hydrogen) atoms. The summed E-state index contributed by atoms with van der Waals surface area (Å²) in [7, 11) is 2.06. The van der Waals surface area contributed by atoms with Gasteiger partial charge in [0.2, 0.25) is 0 Å². The molecule has 0 bridgehead atoms. The number of aromatic nitrogens is 1. The number of carbonyl (C=O) groups is 1. The van der Waals surface area contributed by atoms with Crippen LogP contribution in [0.25, 0.3) is 0 Å². The first-order valence-electron chi connectivity index (χ1n) is 8.45. The standard InChI is InChI=1S/C16H26N4O2S/c1-18-7-8-20(11-13(18)4-9-21)16(22)14-10-17-15(23-14)12-19-5-2-3-6-19/h10,13,21H,2-9,11-12H2,1H3. The second-order valence-electron chi connectivity index (χ2n) is 6.50. The molecule has 0 spiro atoms. The zero-order valence-corrected chi connectivity index (χ0v) is 14.6. The highest BCUT2D eigenvalue weighted by atomic mass is 32.1. The molecule has 1 amide bonds. The molecule has 2 fully saturated rings. The van der Waals surface area contributed by atoms with E-state index in [4.69, 9.17) is 0 Å². The first-order valence-corrected chi connectivity index (χ1v) is 9.26. The lowest BCUT2D eigenvalue weighted by atomic mass is 10.1. The van der Waals surface area contributed by atoms with Gasteiger partial charge in [0.15, 0.2) is 0 Å². The second kappa shape index (κ2) is 7.70. The Bertz CT molecular complexity index is 530. The number of aliphatic hydroxyl groups excluding tert-OH is 1. The highest BCUT2D eigenvalue weighted by molar-refractivity contribution is 7.13. The number of carbonyl (C=O) groups excluding carboxylic acids is 1. The lowest BCUT2D eigenvalue weighted by Gasteiger charge is -2.39. The van der Waals surface area contributed by atoms with E-state index < -0.39 is 0 Å². The molecule has 1 aromatic rings. The van der Waals surface area contributed by atoms with Crippen molar-refractivity contribution >= 4 is 17.2 Å². The summed E-state index contributed by atoms with van der Waals surface area (Å²) >= 11 is 1.53. The fourth-order valence-electron chi connectivity index (χ4n) is 3.36. The number of aliphatic hydroxyl groups is 1. The van der Waals surface area contributed by atoms with Crippen LogP contribution in [-0.4, -0.2) is 83.1 Å². The zero-order valence-electron chi connectivity index (χ0n) is 13.8. The van der Waals surface area contributed by atoms with Gasteiger partial charge in [-0.15, -0.1) is 11.3 Å². The van der Waals surface area contributed by atoms with Gasteiger partial charge in [0.25, 0.3) is 5.91 Å². The van der Waals surface area contributed by atoms with E-state index in [0.29, 0.717) is 13.0 Å². The SMILES string of the molecule is CN1CCN(C(=O)c2cnc(CN3CCCC3)s2)CC1CCO. The molecule has 128 valence electrons. The fourth-order valence-corrected chi connectivity index (χ4v) is 4.29. The highest BCUT2D eigenvalue weighted by Crippen LogP contribution is 2.21. The molecule has 0 aliphatic carbocycles. The number of hydrogen-bond acceptors (Lipinski definition) is 6. The molecule has 1 aromatic heterocycles. The Hall–Kier alpha value is -1.02. The van der Waals surface area contributed by atoms with Gasteiger partial charge in [-0.25, -0.2) is 4.98 Å². The van der Waals surface area contributed by atoms with E-state index in [1.807, 2.05) is 4.90 Å². The lowest BCUT2D eigenvalue weighted by molar-refractivity contribution is 0.0504. The molecule has 3 heterocycles. The van der Waals surface area contributed by atoms with E-state index in [0.717, 1.165) is 42.6 Å². The van der Waals surface area contributed by atoms with Crippen LogP contribution >= 0.6 is 11.3 Å². The number of piperazine rings is 1. The van der Waals surface area contributed by atoms with Crippen molar-refractivity contribution in [1.82, 2.24) is 19.7 Å². The van der Waals surface area contributed by atoms with Crippen LogP contribution in [-0.2, 0) is 6.54 Å². The number of rotatable bonds is 5. The monoisotopic (exact) mass is 338 g/mol. The quantitative estimate of drug-likeness (QED) is 0.864. The molecule has 2 saturated heterocycles. The molecular formula is C16H26N4O2S. The van der Waals surface area contributed by atoms with Crippen LogP contribution in [0.3, 0.4) is 0 Å². The van der Waals surface area contributed by atoms with Gasteiger partial charge in [-0.05, 0) is 39.4 Å². The van der Waals surface area contributed by atoms with Gasteiger partial charge in [-0.3, -0.25) is 14.6 Å². The minimum Gasteiger partial charge on any atom is -0.396 e. The van der Waals surface area contributed by atoms with Crippen molar-refractivity contribution in [2.45, 2.75) is 31.8 Å². The van der Waals surface area contributed by atoms with Gasteiger partial charge in [0.05, 0.1) is 12.7 Å². The Balaban J connectivity index is 1.60. The van der Waals surface area contributed by atoms with E-state index in [2.05, 4.69) is 21.8 Å². The van der Waals surface area contributed by atoms with Gasteiger partial charge in [0.1, 0.15) is 9.88 Å². The number of likely N-dealkylation sites (tertiary alicyclic amines) is 1. The van der Waals surface area contributed by atoms with Crippen molar-refractivity contribution in [3.63, 3.8) is 0 Å².